The van der Waals surface area contributed by atoms with Gasteiger partial charge < -0.3 is 0 Å². The summed E-state index contributed by atoms with van der Waals surface area (Å²) < 4.78 is 1.67. The van der Waals surface area contributed by atoms with Crippen LogP contribution in [-0.2, 0) is 0 Å². The van der Waals surface area contributed by atoms with Crippen molar-refractivity contribution in [3.8, 4) is 5.69 Å². The van der Waals surface area contributed by atoms with Crippen LogP contribution in [0.4, 0.5) is 0 Å². The number of allylic oxidation sites excluding steroid dienone is 1. The van der Waals surface area contributed by atoms with E-state index < -0.39 is 0 Å². The molecule has 0 aliphatic heterocycles. The zero-order chi connectivity index (χ0) is 14.5. The highest BCUT2D eigenvalue weighted by molar-refractivity contribution is 6.06. The summed E-state index contributed by atoms with van der Waals surface area (Å²) in [6, 6.07) is 18.8. The fourth-order valence-corrected chi connectivity index (χ4v) is 1.92. The maximum Gasteiger partial charge on any atom is 0.185 e. The quantitative estimate of drug-likeness (QED) is 0.543. The summed E-state index contributed by atoms with van der Waals surface area (Å²) in [6.07, 6.45) is 4.96. The van der Waals surface area contributed by atoms with Gasteiger partial charge in [0.15, 0.2) is 5.78 Å². The number of rotatable bonds is 4. The average Bonchev–Trinajstić information content (AvgIpc) is 3.03. The Kier molecular flexibility index (Phi) is 3.69. The second-order valence-electron chi connectivity index (χ2n) is 4.49. The fourth-order valence-electron chi connectivity index (χ4n) is 1.92. The topological polar surface area (TPSA) is 47.8 Å². The van der Waals surface area contributed by atoms with Crippen molar-refractivity contribution < 1.29 is 4.79 Å². The van der Waals surface area contributed by atoms with Crippen LogP contribution in [0.2, 0.25) is 0 Å². The van der Waals surface area contributed by atoms with Gasteiger partial charge in [0.05, 0.1) is 11.9 Å². The van der Waals surface area contributed by atoms with E-state index in [0.29, 0.717) is 11.3 Å². The number of carbonyl (C=O) groups is 1. The Morgan fingerprint density at radius 3 is 2.33 bits per heavy atom. The van der Waals surface area contributed by atoms with Gasteiger partial charge in [0.1, 0.15) is 5.69 Å². The Labute approximate surface area is 122 Å². The van der Waals surface area contributed by atoms with Crippen LogP contribution in [0.3, 0.4) is 0 Å². The van der Waals surface area contributed by atoms with Crippen molar-refractivity contribution in [1.82, 2.24) is 15.0 Å². The smallest absolute Gasteiger partial charge is 0.185 e. The van der Waals surface area contributed by atoms with Crippen molar-refractivity contribution in [2.75, 3.05) is 0 Å². The molecule has 0 radical (unpaired) electrons. The molecule has 4 nitrogen and oxygen atoms in total. The molecule has 0 amide bonds. The SMILES string of the molecule is O=C(/C=C\c1cn(-c2ccccc2)nn1)c1ccccc1. The van der Waals surface area contributed by atoms with Gasteiger partial charge in [0.2, 0.25) is 0 Å². The van der Waals surface area contributed by atoms with Crippen LogP contribution in [0.25, 0.3) is 11.8 Å². The summed E-state index contributed by atoms with van der Waals surface area (Å²) in [5, 5.41) is 8.07. The summed E-state index contributed by atoms with van der Waals surface area (Å²) in [5.41, 5.74) is 2.23. The van der Waals surface area contributed by atoms with E-state index in [-0.39, 0.29) is 5.78 Å². The van der Waals surface area contributed by atoms with Crippen LogP contribution < -0.4 is 0 Å². The molecule has 1 aromatic heterocycles. The van der Waals surface area contributed by atoms with Crippen molar-refractivity contribution in [1.29, 1.82) is 0 Å². The molecule has 0 saturated heterocycles. The van der Waals surface area contributed by atoms with Gasteiger partial charge in [-0.3, -0.25) is 4.79 Å². The molecule has 3 aromatic rings. The summed E-state index contributed by atoms with van der Waals surface area (Å²) >= 11 is 0. The third-order valence-corrected chi connectivity index (χ3v) is 3.00. The average molecular weight is 275 g/mol. The van der Waals surface area contributed by atoms with Gasteiger partial charge in [-0.05, 0) is 24.3 Å². The molecule has 0 aliphatic rings. The number of aromatic nitrogens is 3. The minimum absolute atomic E-state index is 0.0511. The summed E-state index contributed by atoms with van der Waals surface area (Å²) in [5.74, 6) is -0.0511. The van der Waals surface area contributed by atoms with E-state index >= 15 is 0 Å². The number of carbonyl (C=O) groups excluding carboxylic acids is 1. The monoisotopic (exact) mass is 275 g/mol. The minimum atomic E-state index is -0.0511. The number of benzene rings is 2. The lowest BCUT2D eigenvalue weighted by molar-refractivity contribution is 0.104. The molecule has 0 fully saturated rings. The molecule has 1 heterocycles. The van der Waals surface area contributed by atoms with Crippen LogP contribution in [-0.4, -0.2) is 20.8 Å². The molecular weight excluding hydrogens is 262 g/mol. The normalized spacial score (nSPS) is 10.9. The minimum Gasteiger partial charge on any atom is -0.289 e. The van der Waals surface area contributed by atoms with Crippen molar-refractivity contribution >= 4 is 11.9 Å². The standard InChI is InChI=1S/C17H13N3O/c21-17(14-7-3-1-4-8-14)12-11-15-13-20(19-18-15)16-9-5-2-6-10-16/h1-13H/b12-11-. The van der Waals surface area contributed by atoms with Crippen molar-refractivity contribution in [2.45, 2.75) is 0 Å². The van der Waals surface area contributed by atoms with E-state index in [0.717, 1.165) is 5.69 Å². The molecule has 0 unspecified atom stereocenters. The van der Waals surface area contributed by atoms with E-state index in [4.69, 9.17) is 0 Å². The predicted molar refractivity (Wildman–Crippen MR) is 81.2 cm³/mol. The molecule has 0 N–H and O–H groups in total. The first-order valence-corrected chi connectivity index (χ1v) is 6.58. The number of nitrogens with zero attached hydrogens (tertiary/aromatic N) is 3. The molecule has 21 heavy (non-hydrogen) atoms. The molecule has 2 aromatic carbocycles. The molecule has 4 heteroatoms. The zero-order valence-electron chi connectivity index (χ0n) is 11.3. The van der Waals surface area contributed by atoms with Crippen LogP contribution in [0.1, 0.15) is 16.1 Å². The fraction of sp³-hybridized carbons (Fsp3) is 0. The Morgan fingerprint density at radius 1 is 0.952 bits per heavy atom. The summed E-state index contributed by atoms with van der Waals surface area (Å²) in [4.78, 5) is 12.0. The molecule has 0 atom stereocenters. The van der Waals surface area contributed by atoms with E-state index in [1.54, 1.807) is 29.1 Å². The number of hydrogen-bond acceptors (Lipinski definition) is 3. The third-order valence-electron chi connectivity index (χ3n) is 3.00. The highest BCUT2D eigenvalue weighted by atomic mass is 16.1. The van der Waals surface area contributed by atoms with Crippen molar-refractivity contribution in [3.05, 3.63) is 84.2 Å². The van der Waals surface area contributed by atoms with Crippen molar-refractivity contribution in [3.63, 3.8) is 0 Å². The number of hydrogen-bond donors (Lipinski definition) is 0. The van der Waals surface area contributed by atoms with Gasteiger partial charge in [-0.15, -0.1) is 5.10 Å². The van der Waals surface area contributed by atoms with Gasteiger partial charge in [-0.2, -0.15) is 0 Å². The van der Waals surface area contributed by atoms with Crippen LogP contribution >= 0.6 is 0 Å². The lowest BCUT2D eigenvalue weighted by Crippen LogP contribution is -1.93. The predicted octanol–water partition coefficient (Wildman–Crippen LogP) is 3.16. The highest BCUT2D eigenvalue weighted by Gasteiger charge is 2.02. The molecule has 0 aliphatic carbocycles. The molecule has 3 rings (SSSR count). The maximum atomic E-state index is 12.0. The Hall–Kier alpha value is -3.01. The number of para-hydroxylation sites is 1. The Morgan fingerprint density at radius 2 is 1.62 bits per heavy atom. The van der Waals surface area contributed by atoms with E-state index in [2.05, 4.69) is 10.3 Å². The number of ketones is 1. The molecule has 0 bridgehead atoms. The van der Waals surface area contributed by atoms with E-state index in [1.807, 2.05) is 48.5 Å². The van der Waals surface area contributed by atoms with Gasteiger partial charge in [-0.1, -0.05) is 53.7 Å². The first kappa shape index (κ1) is 13.0. The van der Waals surface area contributed by atoms with Crippen LogP contribution in [0.15, 0.2) is 72.9 Å². The van der Waals surface area contributed by atoms with E-state index in [1.165, 1.54) is 6.08 Å². The summed E-state index contributed by atoms with van der Waals surface area (Å²) in [6.45, 7) is 0. The zero-order valence-corrected chi connectivity index (χ0v) is 11.3. The Bertz CT molecular complexity index is 761. The van der Waals surface area contributed by atoms with E-state index in [9.17, 15) is 4.79 Å². The summed E-state index contributed by atoms with van der Waals surface area (Å²) in [7, 11) is 0. The van der Waals surface area contributed by atoms with Gasteiger partial charge in [-0.25, -0.2) is 4.68 Å². The lowest BCUT2D eigenvalue weighted by Gasteiger charge is -1.96. The van der Waals surface area contributed by atoms with Crippen LogP contribution in [0, 0.1) is 0 Å². The lowest BCUT2D eigenvalue weighted by atomic mass is 10.1. The first-order valence-electron chi connectivity index (χ1n) is 6.58. The molecule has 0 spiro atoms. The third kappa shape index (κ3) is 3.12. The van der Waals surface area contributed by atoms with Crippen molar-refractivity contribution in [2.24, 2.45) is 0 Å². The molecular formula is C17H13N3O. The largest absolute Gasteiger partial charge is 0.289 e. The van der Waals surface area contributed by atoms with Gasteiger partial charge in [0, 0.05) is 5.56 Å². The Balaban J connectivity index is 1.76. The van der Waals surface area contributed by atoms with Gasteiger partial charge >= 0.3 is 0 Å². The molecule has 102 valence electrons. The maximum absolute atomic E-state index is 12.0. The second kappa shape index (κ2) is 5.96. The highest BCUT2D eigenvalue weighted by Crippen LogP contribution is 2.07. The first-order chi connectivity index (χ1) is 10.3. The van der Waals surface area contributed by atoms with Crippen LogP contribution in [0.5, 0.6) is 0 Å². The molecule has 0 saturated carbocycles. The van der Waals surface area contributed by atoms with Gasteiger partial charge in [0.25, 0.3) is 0 Å². The second-order valence-corrected chi connectivity index (χ2v) is 4.49.